The summed E-state index contributed by atoms with van der Waals surface area (Å²) in [5.74, 6) is 0.168. The van der Waals surface area contributed by atoms with Crippen LogP contribution in [0.5, 0.6) is 5.75 Å². The van der Waals surface area contributed by atoms with E-state index >= 15 is 0 Å². The molecular weight excluding hydrogens is 317 g/mol. The summed E-state index contributed by atoms with van der Waals surface area (Å²) in [7, 11) is 0. The predicted molar refractivity (Wildman–Crippen MR) is 83.7 cm³/mol. The highest BCUT2D eigenvalue weighted by Gasteiger charge is 2.38. The minimum Gasteiger partial charge on any atom is -0.406 e. The quantitative estimate of drug-likeness (QED) is 0.802. The molecule has 0 amide bonds. The summed E-state index contributed by atoms with van der Waals surface area (Å²) < 4.78 is 41.5. The Bertz CT molecular complexity index is 774. The van der Waals surface area contributed by atoms with E-state index in [4.69, 9.17) is 0 Å². The molecule has 0 saturated heterocycles. The first kappa shape index (κ1) is 15.1. The van der Waals surface area contributed by atoms with Crippen molar-refractivity contribution in [2.75, 3.05) is 5.32 Å². The molecule has 0 bridgehead atoms. The minimum atomic E-state index is -4.68. The van der Waals surface area contributed by atoms with Crippen LogP contribution < -0.4 is 10.1 Å². The van der Waals surface area contributed by atoms with Crippen molar-refractivity contribution in [3.05, 3.63) is 66.0 Å². The molecule has 1 aromatic heterocycles. The van der Waals surface area contributed by atoms with E-state index in [9.17, 15) is 13.2 Å². The van der Waals surface area contributed by atoms with Gasteiger partial charge in [-0.2, -0.15) is 0 Å². The standard InChI is InChI=1S/C18H15F3N2O/c19-18(20,21)24-12-4-5-16-15(10-12)13-2-1-3-14(13)17(23-16)11-6-8-22-9-7-11/h1-2,4-10,13-14,17,23H,3H2. The molecule has 1 aromatic carbocycles. The fourth-order valence-corrected chi connectivity index (χ4v) is 3.67. The second kappa shape index (κ2) is 5.54. The lowest BCUT2D eigenvalue weighted by atomic mass is 9.77. The van der Waals surface area contributed by atoms with Gasteiger partial charge < -0.3 is 10.1 Å². The summed E-state index contributed by atoms with van der Waals surface area (Å²) in [6.45, 7) is 0. The number of halogens is 3. The van der Waals surface area contributed by atoms with Crippen molar-refractivity contribution in [1.82, 2.24) is 4.98 Å². The molecule has 1 N–H and O–H groups in total. The fraction of sp³-hybridized carbons (Fsp3) is 0.278. The van der Waals surface area contributed by atoms with Gasteiger partial charge in [0.2, 0.25) is 0 Å². The summed E-state index contributed by atoms with van der Waals surface area (Å²) in [6, 6.07) is 8.55. The number of fused-ring (bicyclic) bond motifs is 3. The van der Waals surface area contributed by atoms with Crippen LogP contribution in [0.3, 0.4) is 0 Å². The molecule has 1 aliphatic heterocycles. The molecule has 0 saturated carbocycles. The van der Waals surface area contributed by atoms with E-state index in [2.05, 4.69) is 27.2 Å². The van der Waals surface area contributed by atoms with Crippen molar-refractivity contribution in [3.63, 3.8) is 0 Å². The van der Waals surface area contributed by atoms with Gasteiger partial charge in [-0.25, -0.2) is 0 Å². The third-order valence-electron chi connectivity index (χ3n) is 4.63. The number of ether oxygens (including phenoxy) is 1. The van der Waals surface area contributed by atoms with E-state index < -0.39 is 6.36 Å². The largest absolute Gasteiger partial charge is 0.573 e. The zero-order valence-corrected chi connectivity index (χ0v) is 12.6. The average Bonchev–Trinajstić information content (AvgIpc) is 3.03. The number of pyridine rings is 1. The first-order valence-electron chi connectivity index (χ1n) is 7.74. The van der Waals surface area contributed by atoms with Crippen LogP contribution in [0.4, 0.5) is 18.9 Å². The van der Waals surface area contributed by atoms with Gasteiger partial charge in [0.15, 0.2) is 0 Å². The molecule has 3 nitrogen and oxygen atoms in total. The molecular formula is C18H15F3N2O. The lowest BCUT2D eigenvalue weighted by Gasteiger charge is -2.37. The number of hydrogen-bond donors (Lipinski definition) is 1. The third kappa shape index (κ3) is 2.72. The maximum Gasteiger partial charge on any atom is 0.573 e. The average molecular weight is 332 g/mol. The number of hydrogen-bond acceptors (Lipinski definition) is 3. The molecule has 2 aliphatic rings. The zero-order valence-electron chi connectivity index (χ0n) is 12.6. The lowest BCUT2D eigenvalue weighted by Crippen LogP contribution is -2.29. The SMILES string of the molecule is FC(F)(F)Oc1ccc2c(c1)C1C=CCC1C(c1ccncc1)N2. The Morgan fingerprint density at radius 1 is 1.12 bits per heavy atom. The van der Waals surface area contributed by atoms with Crippen molar-refractivity contribution in [2.45, 2.75) is 24.7 Å². The minimum absolute atomic E-state index is 0.0798. The van der Waals surface area contributed by atoms with Crippen LogP contribution in [0, 0.1) is 5.92 Å². The smallest absolute Gasteiger partial charge is 0.406 e. The first-order chi connectivity index (χ1) is 11.5. The Kier molecular flexibility index (Phi) is 3.48. The maximum atomic E-state index is 12.5. The number of aromatic nitrogens is 1. The number of nitrogens with one attached hydrogen (secondary N) is 1. The topological polar surface area (TPSA) is 34.1 Å². The Hall–Kier alpha value is -2.50. The van der Waals surface area contributed by atoms with Crippen molar-refractivity contribution in [1.29, 1.82) is 0 Å². The summed E-state index contributed by atoms with van der Waals surface area (Å²) in [6.07, 6.45) is 3.89. The highest BCUT2D eigenvalue weighted by Crippen LogP contribution is 2.50. The Morgan fingerprint density at radius 3 is 2.67 bits per heavy atom. The van der Waals surface area contributed by atoms with E-state index in [1.54, 1.807) is 18.5 Å². The number of nitrogens with zero attached hydrogens (tertiary/aromatic N) is 1. The van der Waals surface area contributed by atoms with E-state index in [-0.39, 0.29) is 23.6 Å². The molecule has 3 unspecified atom stereocenters. The molecule has 0 spiro atoms. The molecule has 24 heavy (non-hydrogen) atoms. The molecule has 1 aliphatic carbocycles. The molecule has 124 valence electrons. The van der Waals surface area contributed by atoms with Crippen LogP contribution in [0.1, 0.15) is 29.5 Å². The monoisotopic (exact) mass is 332 g/mol. The van der Waals surface area contributed by atoms with Crippen LogP contribution >= 0.6 is 0 Å². The summed E-state index contributed by atoms with van der Waals surface area (Å²) in [5, 5.41) is 3.47. The van der Waals surface area contributed by atoms with Gasteiger partial charge >= 0.3 is 6.36 Å². The maximum absolute atomic E-state index is 12.5. The van der Waals surface area contributed by atoms with E-state index in [0.717, 1.165) is 23.2 Å². The highest BCUT2D eigenvalue weighted by molar-refractivity contribution is 5.61. The van der Waals surface area contributed by atoms with Gasteiger partial charge in [-0.1, -0.05) is 12.2 Å². The predicted octanol–water partition coefficient (Wildman–Crippen LogP) is 4.81. The van der Waals surface area contributed by atoms with Crippen LogP contribution in [0.15, 0.2) is 54.9 Å². The Morgan fingerprint density at radius 2 is 1.92 bits per heavy atom. The number of alkyl halides is 3. The number of rotatable bonds is 2. The second-order valence-corrected chi connectivity index (χ2v) is 6.05. The van der Waals surface area contributed by atoms with E-state index in [1.807, 2.05) is 12.1 Å². The molecule has 2 aromatic rings. The number of allylic oxidation sites excluding steroid dienone is 2. The molecule has 3 atom stereocenters. The van der Waals surface area contributed by atoms with Crippen LogP contribution in [-0.2, 0) is 0 Å². The summed E-state index contributed by atoms with van der Waals surface area (Å²) >= 11 is 0. The zero-order chi connectivity index (χ0) is 16.7. The van der Waals surface area contributed by atoms with Crippen molar-refractivity contribution >= 4 is 5.69 Å². The van der Waals surface area contributed by atoms with Crippen molar-refractivity contribution < 1.29 is 17.9 Å². The van der Waals surface area contributed by atoms with Gasteiger partial charge in [0, 0.05) is 24.0 Å². The van der Waals surface area contributed by atoms with E-state index in [0.29, 0.717) is 0 Å². The van der Waals surface area contributed by atoms with Gasteiger partial charge in [-0.05, 0) is 53.8 Å². The Balaban J connectivity index is 1.71. The molecule has 4 rings (SSSR count). The number of benzene rings is 1. The van der Waals surface area contributed by atoms with Crippen LogP contribution in [0.2, 0.25) is 0 Å². The van der Waals surface area contributed by atoms with Gasteiger partial charge in [0.05, 0.1) is 6.04 Å². The van der Waals surface area contributed by atoms with Crippen LogP contribution in [0.25, 0.3) is 0 Å². The van der Waals surface area contributed by atoms with Gasteiger partial charge in [-0.3, -0.25) is 4.98 Å². The summed E-state index contributed by atoms with van der Waals surface area (Å²) in [4.78, 5) is 4.05. The van der Waals surface area contributed by atoms with E-state index in [1.165, 1.54) is 12.1 Å². The lowest BCUT2D eigenvalue weighted by molar-refractivity contribution is -0.274. The molecule has 0 fully saturated rings. The van der Waals surface area contributed by atoms with Crippen molar-refractivity contribution in [3.8, 4) is 5.75 Å². The second-order valence-electron chi connectivity index (χ2n) is 6.05. The normalized spacial score (nSPS) is 24.9. The highest BCUT2D eigenvalue weighted by atomic mass is 19.4. The summed E-state index contributed by atoms with van der Waals surface area (Å²) in [5.41, 5.74) is 2.82. The van der Waals surface area contributed by atoms with Gasteiger partial charge in [-0.15, -0.1) is 13.2 Å². The fourth-order valence-electron chi connectivity index (χ4n) is 3.67. The molecule has 2 heterocycles. The molecule has 6 heteroatoms. The molecule has 0 radical (unpaired) electrons. The first-order valence-corrected chi connectivity index (χ1v) is 7.74. The van der Waals surface area contributed by atoms with Gasteiger partial charge in [0.1, 0.15) is 5.75 Å². The third-order valence-corrected chi connectivity index (χ3v) is 4.63. The number of anilines is 1. The Labute approximate surface area is 137 Å². The van der Waals surface area contributed by atoms with Crippen LogP contribution in [-0.4, -0.2) is 11.3 Å². The van der Waals surface area contributed by atoms with Crippen molar-refractivity contribution in [2.24, 2.45) is 5.92 Å². The van der Waals surface area contributed by atoms with Gasteiger partial charge in [0.25, 0.3) is 0 Å².